The number of fused-ring (bicyclic) bond motifs is 1. The normalized spacial score (nSPS) is 12.3. The van der Waals surface area contributed by atoms with Crippen LogP contribution in [0.4, 0.5) is 0 Å². The Morgan fingerprint density at radius 1 is 1.16 bits per heavy atom. The molecule has 4 rings (SSSR count). The van der Waals surface area contributed by atoms with E-state index in [2.05, 4.69) is 47.3 Å². The second-order valence-corrected chi connectivity index (χ2v) is 10.2. The predicted octanol–water partition coefficient (Wildman–Crippen LogP) is 5.26. The molecule has 0 spiro atoms. The fraction of sp³-hybridized carbons (Fsp3) is 0.200. The van der Waals surface area contributed by atoms with Gasteiger partial charge in [-0.05, 0) is 53.4 Å². The van der Waals surface area contributed by atoms with E-state index in [0.717, 1.165) is 27.1 Å². The zero-order valence-electron chi connectivity index (χ0n) is 18.2. The Morgan fingerprint density at radius 2 is 1.94 bits per heavy atom. The number of amides is 1. The molecule has 5 nitrogen and oxygen atoms in total. The Morgan fingerprint density at radius 3 is 2.66 bits per heavy atom. The Kier molecular flexibility index (Phi) is 6.90. The molecule has 0 saturated carbocycles. The maximum absolute atomic E-state index is 13.3. The lowest BCUT2D eigenvalue weighted by atomic mass is 10.0. The first-order chi connectivity index (χ1) is 15.5. The van der Waals surface area contributed by atoms with E-state index in [-0.39, 0.29) is 5.91 Å². The number of rotatable bonds is 7. The van der Waals surface area contributed by atoms with Gasteiger partial charge >= 0.3 is 0 Å². The van der Waals surface area contributed by atoms with Crippen molar-refractivity contribution in [2.75, 3.05) is 7.11 Å². The van der Waals surface area contributed by atoms with Crippen LogP contribution < -0.4 is 15.9 Å². The molecule has 1 amide bonds. The second kappa shape index (κ2) is 9.83. The van der Waals surface area contributed by atoms with Crippen molar-refractivity contribution in [3.63, 3.8) is 0 Å². The van der Waals surface area contributed by atoms with Gasteiger partial charge in [0.25, 0.3) is 5.91 Å². The predicted molar refractivity (Wildman–Crippen MR) is 132 cm³/mol. The minimum absolute atomic E-state index is 0.186. The Bertz CT molecular complexity index is 1240. The van der Waals surface area contributed by atoms with Gasteiger partial charge in [0.05, 0.1) is 8.15 Å². The number of hydrogen-bond donors (Lipinski definition) is 2. The molecule has 2 N–H and O–H groups in total. The second-order valence-electron chi connectivity index (χ2n) is 7.80. The first kappa shape index (κ1) is 22.5. The van der Waals surface area contributed by atoms with E-state index >= 15 is 0 Å². The van der Waals surface area contributed by atoms with Crippen LogP contribution in [0.1, 0.15) is 41.4 Å². The molecule has 0 bridgehead atoms. The monoisotopic (exact) mass is 465 g/mol. The lowest BCUT2D eigenvalue weighted by molar-refractivity contribution is 0.0948. The van der Waals surface area contributed by atoms with Crippen molar-refractivity contribution < 1.29 is 9.32 Å². The van der Waals surface area contributed by atoms with E-state index in [1.807, 2.05) is 36.4 Å². The van der Waals surface area contributed by atoms with E-state index in [1.165, 1.54) is 5.56 Å². The van der Waals surface area contributed by atoms with Crippen LogP contribution >= 0.6 is 19.7 Å². The van der Waals surface area contributed by atoms with Crippen LogP contribution in [0.2, 0.25) is 5.02 Å². The molecule has 0 fully saturated rings. The summed E-state index contributed by atoms with van der Waals surface area (Å²) in [7, 11) is 0.447. The van der Waals surface area contributed by atoms with Crippen molar-refractivity contribution in [3.05, 3.63) is 88.8 Å². The number of aromatic amines is 1. The highest BCUT2D eigenvalue weighted by molar-refractivity contribution is 7.69. The molecular formula is C25H25ClN3O2P. The van der Waals surface area contributed by atoms with Crippen LogP contribution in [0.5, 0.6) is 0 Å². The summed E-state index contributed by atoms with van der Waals surface area (Å²) in [6, 6.07) is 17.8. The number of hydrogen-bond acceptors (Lipinski definition) is 3. The smallest absolute Gasteiger partial charge is 0.268 e. The SMILES string of the molecule is COP(c1cccc(C(C)C)c1)c1c(C(=O)NCc2ccncc2)[nH]c2ccc(Cl)cc12. The fourth-order valence-corrected chi connectivity index (χ4v) is 5.71. The number of carbonyl (C=O) groups is 1. The molecule has 0 saturated heterocycles. The average Bonchev–Trinajstić information content (AvgIpc) is 3.17. The third-order valence-corrected chi connectivity index (χ3v) is 7.54. The summed E-state index contributed by atoms with van der Waals surface area (Å²) in [6.07, 6.45) is 3.42. The lowest BCUT2D eigenvalue weighted by Crippen LogP contribution is -2.29. The van der Waals surface area contributed by atoms with Gasteiger partial charge in [-0.1, -0.05) is 43.6 Å². The largest absolute Gasteiger partial charge is 0.353 e. The molecule has 1 atom stereocenters. The van der Waals surface area contributed by atoms with Crippen molar-refractivity contribution in [1.29, 1.82) is 0 Å². The van der Waals surface area contributed by atoms with Crippen molar-refractivity contribution in [3.8, 4) is 0 Å². The van der Waals surface area contributed by atoms with Gasteiger partial charge in [-0.3, -0.25) is 9.78 Å². The maximum atomic E-state index is 13.3. The maximum Gasteiger partial charge on any atom is 0.268 e. The van der Waals surface area contributed by atoms with Crippen molar-refractivity contribution in [1.82, 2.24) is 15.3 Å². The van der Waals surface area contributed by atoms with E-state index in [1.54, 1.807) is 19.5 Å². The van der Waals surface area contributed by atoms with Gasteiger partial charge in [0.15, 0.2) is 0 Å². The Hall–Kier alpha value is -2.72. The van der Waals surface area contributed by atoms with Gasteiger partial charge in [-0.15, -0.1) is 0 Å². The molecule has 0 radical (unpaired) electrons. The molecule has 2 heterocycles. The van der Waals surface area contributed by atoms with E-state index in [4.69, 9.17) is 16.1 Å². The van der Waals surface area contributed by atoms with E-state index in [0.29, 0.717) is 23.2 Å². The first-order valence-corrected chi connectivity index (χ1v) is 12.0. The van der Waals surface area contributed by atoms with Crippen molar-refractivity contribution >= 4 is 47.2 Å². The van der Waals surface area contributed by atoms with Gasteiger partial charge < -0.3 is 14.8 Å². The molecule has 0 aliphatic carbocycles. The quantitative estimate of drug-likeness (QED) is 0.366. The van der Waals surface area contributed by atoms with Crippen LogP contribution in [0.15, 0.2) is 67.0 Å². The molecule has 164 valence electrons. The molecule has 4 aromatic rings. The van der Waals surface area contributed by atoms with E-state index < -0.39 is 8.15 Å². The van der Waals surface area contributed by atoms with Gasteiger partial charge in [0.1, 0.15) is 5.69 Å². The van der Waals surface area contributed by atoms with Crippen LogP contribution in [0.3, 0.4) is 0 Å². The number of halogens is 1. The van der Waals surface area contributed by atoms with Crippen LogP contribution in [-0.4, -0.2) is 23.0 Å². The number of carbonyl (C=O) groups excluding carboxylic acids is 1. The van der Waals surface area contributed by atoms with Gasteiger partial charge in [-0.25, -0.2) is 0 Å². The summed E-state index contributed by atoms with van der Waals surface area (Å²) in [6.45, 7) is 4.74. The fourth-order valence-electron chi connectivity index (χ4n) is 3.63. The molecule has 7 heteroatoms. The molecule has 0 aliphatic rings. The number of benzene rings is 2. The van der Waals surface area contributed by atoms with Gasteiger partial charge in [-0.2, -0.15) is 0 Å². The average molecular weight is 466 g/mol. The highest BCUT2D eigenvalue weighted by Gasteiger charge is 2.27. The zero-order chi connectivity index (χ0) is 22.7. The minimum atomic E-state index is -1.24. The topological polar surface area (TPSA) is 67.0 Å². The molecule has 0 aliphatic heterocycles. The number of aromatic nitrogens is 2. The Labute approximate surface area is 194 Å². The minimum Gasteiger partial charge on any atom is -0.353 e. The molecule has 32 heavy (non-hydrogen) atoms. The molecule has 2 aromatic heterocycles. The number of nitrogens with zero attached hydrogens (tertiary/aromatic N) is 1. The standard InChI is InChI=1S/C25H25ClN3O2P/c1-16(2)18-5-4-6-20(13-18)32(31-3)24-21-14-19(26)7-8-22(21)29-23(24)25(30)28-15-17-9-11-27-12-10-17/h4-14,16,29H,15H2,1-3H3,(H,28,30). The van der Waals surface area contributed by atoms with Crippen LogP contribution in [0.25, 0.3) is 10.9 Å². The molecule has 2 aromatic carbocycles. The van der Waals surface area contributed by atoms with Gasteiger partial charge in [0.2, 0.25) is 0 Å². The third kappa shape index (κ3) is 4.71. The van der Waals surface area contributed by atoms with Crippen molar-refractivity contribution in [2.24, 2.45) is 0 Å². The third-order valence-electron chi connectivity index (χ3n) is 5.32. The highest BCUT2D eigenvalue weighted by Crippen LogP contribution is 2.39. The molecular weight excluding hydrogens is 441 g/mol. The molecule has 1 unspecified atom stereocenters. The summed E-state index contributed by atoms with van der Waals surface area (Å²) in [5.74, 6) is 0.206. The van der Waals surface area contributed by atoms with Crippen LogP contribution in [-0.2, 0) is 11.1 Å². The number of pyridine rings is 1. The zero-order valence-corrected chi connectivity index (χ0v) is 19.9. The summed E-state index contributed by atoms with van der Waals surface area (Å²) >= 11 is 6.33. The summed E-state index contributed by atoms with van der Waals surface area (Å²) in [5.41, 5.74) is 3.56. The van der Waals surface area contributed by atoms with E-state index in [9.17, 15) is 4.79 Å². The summed E-state index contributed by atoms with van der Waals surface area (Å²) < 4.78 is 6.03. The van der Waals surface area contributed by atoms with Crippen molar-refractivity contribution in [2.45, 2.75) is 26.3 Å². The lowest BCUT2D eigenvalue weighted by Gasteiger charge is -2.19. The highest BCUT2D eigenvalue weighted by atomic mass is 35.5. The first-order valence-electron chi connectivity index (χ1n) is 10.4. The number of nitrogens with one attached hydrogen (secondary N) is 2. The summed E-state index contributed by atoms with van der Waals surface area (Å²) in [5, 5.41) is 6.42. The van der Waals surface area contributed by atoms with Gasteiger partial charge in [0, 0.05) is 52.6 Å². The summed E-state index contributed by atoms with van der Waals surface area (Å²) in [4.78, 5) is 20.6. The Balaban J connectivity index is 1.78. The number of H-pyrrole nitrogens is 1. The van der Waals surface area contributed by atoms with Crippen LogP contribution in [0, 0.1) is 0 Å².